The number of pyridine rings is 1. The van der Waals surface area contributed by atoms with E-state index in [4.69, 9.17) is 9.47 Å². The van der Waals surface area contributed by atoms with Gasteiger partial charge in [-0.25, -0.2) is 9.78 Å². The molecule has 2 rings (SSSR count). The van der Waals surface area contributed by atoms with E-state index in [2.05, 4.69) is 15.3 Å². The van der Waals surface area contributed by atoms with Crippen molar-refractivity contribution in [3.05, 3.63) is 35.1 Å². The summed E-state index contributed by atoms with van der Waals surface area (Å²) in [6.07, 6.45) is 4.80. The van der Waals surface area contributed by atoms with Gasteiger partial charge in [0.25, 0.3) is 0 Å². The molecule has 0 bridgehead atoms. The number of nitrogens with zero attached hydrogens (tertiary/aromatic N) is 2. The van der Waals surface area contributed by atoms with Gasteiger partial charge in [-0.05, 0) is 45.1 Å². The van der Waals surface area contributed by atoms with Crippen LogP contribution in [0.15, 0.2) is 23.7 Å². The van der Waals surface area contributed by atoms with E-state index in [0.717, 1.165) is 11.4 Å². The fourth-order valence-corrected chi connectivity index (χ4v) is 2.26. The van der Waals surface area contributed by atoms with Crippen molar-refractivity contribution in [3.8, 4) is 5.75 Å². The summed E-state index contributed by atoms with van der Waals surface area (Å²) in [6.45, 7) is 5.43. The second-order valence-corrected chi connectivity index (χ2v) is 6.52. The molecule has 23 heavy (non-hydrogen) atoms. The molecule has 0 aliphatic heterocycles. The van der Waals surface area contributed by atoms with Crippen molar-refractivity contribution in [1.29, 1.82) is 0 Å². The molecule has 2 aromatic heterocycles. The normalized spacial score (nSPS) is 11.5. The Morgan fingerprint density at radius 2 is 2.00 bits per heavy atom. The molecule has 1 N–H and O–H groups in total. The zero-order valence-electron chi connectivity index (χ0n) is 13.5. The van der Waals surface area contributed by atoms with Gasteiger partial charge in [0.2, 0.25) is 0 Å². The Kier molecular flexibility index (Phi) is 5.33. The number of nitrogens with one attached hydrogen (secondary N) is 1. The topological polar surface area (TPSA) is 73.3 Å². The van der Waals surface area contributed by atoms with Crippen LogP contribution >= 0.6 is 11.3 Å². The number of amides is 1. The number of aromatic nitrogens is 2. The van der Waals surface area contributed by atoms with Crippen LogP contribution < -0.4 is 10.1 Å². The van der Waals surface area contributed by atoms with Crippen LogP contribution in [0.25, 0.3) is 12.2 Å². The first-order chi connectivity index (χ1) is 10.9. The molecular weight excluding hydrogens is 314 g/mol. The molecule has 0 aliphatic rings. The quantitative estimate of drug-likeness (QED) is 0.913. The predicted octanol–water partition coefficient (Wildman–Crippen LogP) is 4.06. The molecular formula is C16H19N3O3S. The van der Waals surface area contributed by atoms with Gasteiger partial charge in [-0.15, -0.1) is 11.3 Å². The molecule has 0 fully saturated rings. The molecule has 0 radical (unpaired) electrons. The smallest absolute Gasteiger partial charge is 0.413 e. The van der Waals surface area contributed by atoms with E-state index < -0.39 is 11.7 Å². The van der Waals surface area contributed by atoms with Crippen molar-refractivity contribution >= 4 is 34.7 Å². The summed E-state index contributed by atoms with van der Waals surface area (Å²) in [5, 5.41) is 4.94. The minimum absolute atomic E-state index is 0.488. The van der Waals surface area contributed by atoms with E-state index in [1.807, 2.05) is 50.4 Å². The van der Waals surface area contributed by atoms with Gasteiger partial charge in [0.1, 0.15) is 11.4 Å². The zero-order chi connectivity index (χ0) is 16.9. The van der Waals surface area contributed by atoms with Crippen LogP contribution in [0.5, 0.6) is 5.75 Å². The van der Waals surface area contributed by atoms with Gasteiger partial charge in [0.15, 0.2) is 5.13 Å². The lowest BCUT2D eigenvalue weighted by molar-refractivity contribution is 0.0636. The maximum Gasteiger partial charge on any atom is 0.413 e. The molecule has 2 heterocycles. The highest BCUT2D eigenvalue weighted by Gasteiger charge is 2.17. The number of thiazole rings is 1. The lowest BCUT2D eigenvalue weighted by atomic mass is 10.2. The molecule has 6 nitrogen and oxygen atoms in total. The van der Waals surface area contributed by atoms with Crippen LogP contribution in [0.1, 0.15) is 32.2 Å². The molecule has 0 saturated heterocycles. The highest BCUT2D eigenvalue weighted by atomic mass is 32.1. The van der Waals surface area contributed by atoms with Crippen molar-refractivity contribution in [2.75, 3.05) is 12.4 Å². The van der Waals surface area contributed by atoms with Gasteiger partial charge in [-0.2, -0.15) is 0 Å². The van der Waals surface area contributed by atoms with Crippen LogP contribution in [0.2, 0.25) is 0 Å². The zero-order valence-corrected chi connectivity index (χ0v) is 14.3. The molecule has 0 unspecified atom stereocenters. The van der Waals surface area contributed by atoms with Gasteiger partial charge >= 0.3 is 6.09 Å². The Morgan fingerprint density at radius 3 is 2.61 bits per heavy atom. The van der Waals surface area contributed by atoms with E-state index >= 15 is 0 Å². The standard InChI is InChI=1S/C16H19N3O3S/c1-16(2,3)22-15(20)19-14-18-12(10-23-14)6-5-11-7-8-13(21-4)9-17-11/h5-10H,1-4H3,(H,18,19,20). The first-order valence-electron chi connectivity index (χ1n) is 6.99. The largest absolute Gasteiger partial charge is 0.495 e. The first-order valence-corrected chi connectivity index (χ1v) is 7.87. The van der Waals surface area contributed by atoms with E-state index in [9.17, 15) is 4.79 Å². The number of carbonyl (C=O) groups is 1. The Balaban J connectivity index is 1.96. The van der Waals surface area contributed by atoms with Crippen LogP contribution in [-0.2, 0) is 4.74 Å². The lowest BCUT2D eigenvalue weighted by Gasteiger charge is -2.18. The molecule has 1 amide bonds. The van der Waals surface area contributed by atoms with Crippen molar-refractivity contribution in [3.63, 3.8) is 0 Å². The minimum Gasteiger partial charge on any atom is -0.495 e. The van der Waals surface area contributed by atoms with Crippen molar-refractivity contribution in [1.82, 2.24) is 9.97 Å². The number of ether oxygens (including phenoxy) is 2. The second-order valence-electron chi connectivity index (χ2n) is 5.66. The van der Waals surface area contributed by atoms with Crippen molar-refractivity contribution in [2.24, 2.45) is 0 Å². The SMILES string of the molecule is COc1ccc(C=Cc2csc(NC(=O)OC(C)(C)C)n2)nc1. The summed E-state index contributed by atoms with van der Waals surface area (Å²) in [5.41, 5.74) is 0.989. The molecule has 7 heteroatoms. The third-order valence-corrected chi connectivity index (χ3v) is 3.33. The van der Waals surface area contributed by atoms with E-state index in [0.29, 0.717) is 10.9 Å². The van der Waals surface area contributed by atoms with E-state index in [1.54, 1.807) is 13.3 Å². The fraction of sp³-hybridized carbons (Fsp3) is 0.312. The molecule has 0 aromatic carbocycles. The number of hydrogen-bond donors (Lipinski definition) is 1. The predicted molar refractivity (Wildman–Crippen MR) is 91.7 cm³/mol. The third-order valence-electron chi connectivity index (χ3n) is 2.55. The maximum absolute atomic E-state index is 11.7. The molecule has 0 saturated carbocycles. The third kappa shape index (κ3) is 5.71. The average molecular weight is 333 g/mol. The average Bonchev–Trinajstić information content (AvgIpc) is 2.91. The Morgan fingerprint density at radius 1 is 1.26 bits per heavy atom. The summed E-state index contributed by atoms with van der Waals surface area (Å²) in [6, 6.07) is 3.69. The van der Waals surface area contributed by atoms with Gasteiger partial charge in [0.05, 0.1) is 24.7 Å². The van der Waals surface area contributed by atoms with Crippen LogP contribution in [0.4, 0.5) is 9.93 Å². The van der Waals surface area contributed by atoms with Gasteiger partial charge < -0.3 is 9.47 Å². The summed E-state index contributed by atoms with van der Waals surface area (Å²) in [7, 11) is 1.60. The van der Waals surface area contributed by atoms with Crippen molar-refractivity contribution in [2.45, 2.75) is 26.4 Å². The second kappa shape index (κ2) is 7.23. The summed E-state index contributed by atoms with van der Waals surface area (Å²) < 4.78 is 10.2. The molecule has 122 valence electrons. The van der Waals surface area contributed by atoms with Crippen LogP contribution in [-0.4, -0.2) is 28.8 Å². The number of anilines is 1. The van der Waals surface area contributed by atoms with Crippen LogP contribution in [0, 0.1) is 0 Å². The molecule has 2 aromatic rings. The number of hydrogen-bond acceptors (Lipinski definition) is 6. The molecule has 0 spiro atoms. The minimum atomic E-state index is -0.538. The monoisotopic (exact) mass is 333 g/mol. The van der Waals surface area contributed by atoms with E-state index in [1.165, 1.54) is 11.3 Å². The first kappa shape index (κ1) is 17.0. The van der Waals surface area contributed by atoms with Gasteiger partial charge in [0, 0.05) is 5.38 Å². The van der Waals surface area contributed by atoms with Gasteiger partial charge in [-0.1, -0.05) is 0 Å². The Bertz CT molecular complexity index is 687. The van der Waals surface area contributed by atoms with Crippen molar-refractivity contribution < 1.29 is 14.3 Å². The molecule has 0 atom stereocenters. The summed E-state index contributed by atoms with van der Waals surface area (Å²) >= 11 is 1.33. The highest BCUT2D eigenvalue weighted by molar-refractivity contribution is 7.14. The highest BCUT2D eigenvalue weighted by Crippen LogP contribution is 2.19. The number of rotatable bonds is 4. The van der Waals surface area contributed by atoms with Gasteiger partial charge in [-0.3, -0.25) is 10.3 Å². The Hall–Kier alpha value is -2.41. The summed E-state index contributed by atoms with van der Waals surface area (Å²) in [4.78, 5) is 20.2. The van der Waals surface area contributed by atoms with E-state index in [-0.39, 0.29) is 0 Å². The lowest BCUT2D eigenvalue weighted by Crippen LogP contribution is -2.27. The Labute approximate surface area is 139 Å². The number of methoxy groups -OCH3 is 1. The van der Waals surface area contributed by atoms with Crippen LogP contribution in [0.3, 0.4) is 0 Å². The summed E-state index contributed by atoms with van der Waals surface area (Å²) in [5.74, 6) is 0.708. The maximum atomic E-state index is 11.7. The number of carbonyl (C=O) groups excluding carboxylic acids is 1. The molecule has 0 aliphatic carbocycles. The fourth-order valence-electron chi connectivity index (χ4n) is 1.59.